The van der Waals surface area contributed by atoms with Crippen LogP contribution in [0.3, 0.4) is 0 Å². The van der Waals surface area contributed by atoms with Gasteiger partial charge in [0, 0.05) is 30.6 Å². The molecular formula is C28H27F3N4O. The van der Waals surface area contributed by atoms with E-state index in [4.69, 9.17) is 4.74 Å². The van der Waals surface area contributed by atoms with Crippen LogP contribution in [0.15, 0.2) is 36.4 Å². The summed E-state index contributed by atoms with van der Waals surface area (Å²) < 4.78 is 52.2. The molecule has 3 aromatic carbocycles. The maximum absolute atomic E-state index is 16.3. The van der Waals surface area contributed by atoms with Crippen LogP contribution in [-0.4, -0.2) is 42.3 Å². The average molecular weight is 493 g/mol. The van der Waals surface area contributed by atoms with E-state index < -0.39 is 17.5 Å². The lowest BCUT2D eigenvalue weighted by molar-refractivity contribution is 0.378. The van der Waals surface area contributed by atoms with Crippen molar-refractivity contribution in [3.8, 4) is 17.1 Å². The first-order valence-corrected chi connectivity index (χ1v) is 12.4. The van der Waals surface area contributed by atoms with Crippen molar-refractivity contribution in [1.29, 1.82) is 0 Å². The molecule has 4 aromatic rings. The number of piperazine rings is 1. The molecule has 3 saturated heterocycles. The van der Waals surface area contributed by atoms with E-state index in [1.807, 2.05) is 13.0 Å². The van der Waals surface area contributed by atoms with Gasteiger partial charge < -0.3 is 15.0 Å². The van der Waals surface area contributed by atoms with Crippen molar-refractivity contribution in [2.75, 3.05) is 25.1 Å². The quantitative estimate of drug-likeness (QED) is 0.392. The minimum atomic E-state index is -0.802. The van der Waals surface area contributed by atoms with Crippen molar-refractivity contribution in [1.82, 2.24) is 15.3 Å². The molecule has 3 aliphatic heterocycles. The lowest BCUT2D eigenvalue weighted by Gasteiger charge is -2.38. The van der Waals surface area contributed by atoms with Gasteiger partial charge in [0.25, 0.3) is 0 Å². The second kappa shape index (κ2) is 8.92. The lowest BCUT2D eigenvalue weighted by atomic mass is 9.92. The van der Waals surface area contributed by atoms with Gasteiger partial charge in [-0.1, -0.05) is 31.2 Å². The average Bonchev–Trinajstić information content (AvgIpc) is 3.24. The minimum Gasteiger partial charge on any atom is -0.467 e. The fourth-order valence-electron chi connectivity index (χ4n) is 5.87. The summed E-state index contributed by atoms with van der Waals surface area (Å²) in [5.41, 5.74) is 0.501. The van der Waals surface area contributed by atoms with E-state index in [9.17, 15) is 4.39 Å². The van der Waals surface area contributed by atoms with E-state index in [2.05, 4.69) is 20.2 Å². The van der Waals surface area contributed by atoms with Gasteiger partial charge in [0.2, 0.25) is 0 Å². The molecule has 3 fully saturated rings. The van der Waals surface area contributed by atoms with Gasteiger partial charge in [0.1, 0.15) is 23.0 Å². The van der Waals surface area contributed by atoms with Crippen LogP contribution in [0.1, 0.15) is 31.7 Å². The molecule has 5 nitrogen and oxygen atoms in total. The largest absolute Gasteiger partial charge is 0.467 e. The molecule has 36 heavy (non-hydrogen) atoms. The topological polar surface area (TPSA) is 50.3 Å². The van der Waals surface area contributed by atoms with Crippen LogP contribution in [0.2, 0.25) is 0 Å². The maximum atomic E-state index is 16.3. The van der Waals surface area contributed by atoms with Gasteiger partial charge in [0.05, 0.1) is 12.7 Å². The van der Waals surface area contributed by atoms with Crippen molar-refractivity contribution in [3.63, 3.8) is 0 Å². The Morgan fingerprint density at radius 2 is 1.94 bits per heavy atom. The fourth-order valence-corrected chi connectivity index (χ4v) is 5.87. The van der Waals surface area contributed by atoms with Gasteiger partial charge in [-0.05, 0) is 59.7 Å². The number of ether oxygens (including phenoxy) is 1. The molecule has 1 aromatic heterocycles. The summed E-state index contributed by atoms with van der Waals surface area (Å²) in [6, 6.07) is 10.0. The zero-order chi connectivity index (χ0) is 25.0. The molecule has 186 valence electrons. The number of benzene rings is 3. The highest BCUT2D eigenvalue weighted by molar-refractivity contribution is 6.02. The van der Waals surface area contributed by atoms with E-state index in [0.717, 1.165) is 31.2 Å². The third kappa shape index (κ3) is 3.58. The van der Waals surface area contributed by atoms with Crippen molar-refractivity contribution in [2.24, 2.45) is 0 Å². The summed E-state index contributed by atoms with van der Waals surface area (Å²) >= 11 is 0. The summed E-state index contributed by atoms with van der Waals surface area (Å²) in [6.45, 7) is 3.33. The summed E-state index contributed by atoms with van der Waals surface area (Å²) in [5, 5.41) is 5.09. The molecule has 4 heterocycles. The van der Waals surface area contributed by atoms with Crippen LogP contribution in [0.25, 0.3) is 32.8 Å². The highest BCUT2D eigenvalue weighted by Gasteiger charge is 2.34. The highest BCUT2D eigenvalue weighted by Crippen LogP contribution is 2.40. The first kappa shape index (κ1) is 23.0. The summed E-state index contributed by atoms with van der Waals surface area (Å²) in [5.74, 6) is -1.44. The lowest BCUT2D eigenvalue weighted by Crippen LogP contribution is -2.54. The van der Waals surface area contributed by atoms with Crippen LogP contribution >= 0.6 is 0 Å². The Morgan fingerprint density at radius 3 is 2.75 bits per heavy atom. The van der Waals surface area contributed by atoms with Crippen molar-refractivity contribution in [2.45, 2.75) is 44.7 Å². The van der Waals surface area contributed by atoms with Gasteiger partial charge in [-0.2, -0.15) is 9.97 Å². The third-order valence-electron chi connectivity index (χ3n) is 7.61. The number of anilines is 1. The van der Waals surface area contributed by atoms with Gasteiger partial charge >= 0.3 is 6.01 Å². The molecule has 3 aliphatic rings. The Morgan fingerprint density at radius 1 is 1.08 bits per heavy atom. The number of fused-ring (bicyclic) bond motifs is 6. The number of methoxy groups -OCH3 is 1. The zero-order valence-corrected chi connectivity index (χ0v) is 20.2. The molecule has 7 rings (SSSR count). The first-order valence-electron chi connectivity index (χ1n) is 12.4. The Hall–Kier alpha value is -3.39. The van der Waals surface area contributed by atoms with Crippen LogP contribution in [0.4, 0.5) is 19.0 Å². The number of hydrogen-bond acceptors (Lipinski definition) is 5. The van der Waals surface area contributed by atoms with E-state index in [1.165, 1.54) is 19.2 Å². The Kier molecular flexibility index (Phi) is 5.71. The summed E-state index contributed by atoms with van der Waals surface area (Å²) in [6.07, 6.45) is 3.51. The molecule has 0 spiro atoms. The number of rotatable bonds is 4. The SMILES string of the molecule is CCc1c(F)ccc2cccc(-c3c(F)cc4c(N5CC6CCCC5CN6)nc(OC)nc4c3F)c12. The highest BCUT2D eigenvalue weighted by atomic mass is 19.1. The zero-order valence-electron chi connectivity index (χ0n) is 20.2. The van der Waals surface area contributed by atoms with Crippen molar-refractivity contribution in [3.05, 3.63) is 59.4 Å². The Balaban J connectivity index is 1.62. The van der Waals surface area contributed by atoms with Crippen LogP contribution in [0.5, 0.6) is 6.01 Å². The molecule has 2 atom stereocenters. The van der Waals surface area contributed by atoms with Crippen LogP contribution in [0, 0.1) is 17.5 Å². The van der Waals surface area contributed by atoms with Crippen molar-refractivity contribution >= 4 is 27.5 Å². The Bertz CT molecular complexity index is 1490. The molecule has 0 amide bonds. The van der Waals surface area contributed by atoms with Gasteiger partial charge in [-0.15, -0.1) is 0 Å². The van der Waals surface area contributed by atoms with E-state index in [1.54, 1.807) is 18.2 Å². The smallest absolute Gasteiger partial charge is 0.318 e. The number of aromatic nitrogens is 2. The predicted molar refractivity (Wildman–Crippen MR) is 135 cm³/mol. The number of hydrogen-bond donors (Lipinski definition) is 1. The van der Waals surface area contributed by atoms with Crippen LogP contribution < -0.4 is 15.0 Å². The standard InChI is InChI=1S/C28H27F3N4O/c1-3-18-21(29)11-10-15-6-4-9-19(23(15)18)24-22(30)12-20-26(25(24)31)33-28(36-2)34-27(20)35-14-16-7-5-8-17(35)13-32-16/h4,6,9-12,16-17,32H,3,5,7-8,13-14H2,1-2H3. The molecule has 2 bridgehead atoms. The number of aryl methyl sites for hydroxylation is 1. The number of halogens is 3. The minimum absolute atomic E-state index is 0.00668. The van der Waals surface area contributed by atoms with Gasteiger partial charge in [-0.25, -0.2) is 13.2 Å². The molecule has 8 heteroatoms. The molecule has 0 radical (unpaired) electrons. The Labute approximate surface area is 207 Å². The fraction of sp³-hybridized carbons (Fsp3) is 0.357. The molecule has 2 unspecified atom stereocenters. The van der Waals surface area contributed by atoms with Gasteiger partial charge in [-0.3, -0.25) is 0 Å². The van der Waals surface area contributed by atoms with E-state index in [-0.39, 0.29) is 23.1 Å². The second-order valence-electron chi connectivity index (χ2n) is 9.60. The van der Waals surface area contributed by atoms with E-state index >= 15 is 8.78 Å². The molecule has 1 N–H and O–H groups in total. The molecular weight excluding hydrogens is 465 g/mol. The van der Waals surface area contributed by atoms with Gasteiger partial charge in [0.15, 0.2) is 5.82 Å². The van der Waals surface area contributed by atoms with Crippen molar-refractivity contribution < 1.29 is 17.9 Å². The maximum Gasteiger partial charge on any atom is 0.318 e. The first-order chi connectivity index (χ1) is 17.5. The molecule has 0 saturated carbocycles. The summed E-state index contributed by atoms with van der Waals surface area (Å²) in [4.78, 5) is 11.0. The third-order valence-corrected chi connectivity index (χ3v) is 7.61. The molecule has 0 aliphatic carbocycles. The summed E-state index contributed by atoms with van der Waals surface area (Å²) in [7, 11) is 1.43. The number of nitrogens with zero attached hydrogens (tertiary/aromatic N) is 3. The second-order valence-corrected chi connectivity index (χ2v) is 9.60. The number of nitrogens with one attached hydrogen (secondary N) is 1. The normalized spacial score (nSPS) is 19.8. The van der Waals surface area contributed by atoms with E-state index in [0.29, 0.717) is 46.7 Å². The monoisotopic (exact) mass is 492 g/mol. The van der Waals surface area contributed by atoms with Crippen LogP contribution in [-0.2, 0) is 6.42 Å². The predicted octanol–water partition coefficient (Wildman–Crippen LogP) is 5.77.